The quantitative estimate of drug-likeness (QED) is 0.588. The van der Waals surface area contributed by atoms with Crippen LogP contribution in [-0.4, -0.2) is 41.0 Å². The van der Waals surface area contributed by atoms with E-state index in [4.69, 9.17) is 4.74 Å². The Bertz CT molecular complexity index is 941. The molecule has 0 aliphatic rings. The Hall–Kier alpha value is -3.20. The second-order valence-electron chi connectivity index (χ2n) is 5.89. The van der Waals surface area contributed by atoms with E-state index in [1.165, 1.54) is 17.9 Å². The highest BCUT2D eigenvalue weighted by molar-refractivity contribution is 5.70. The van der Waals surface area contributed by atoms with E-state index in [2.05, 4.69) is 31.0 Å². The number of rotatable bonds is 7. The van der Waals surface area contributed by atoms with Gasteiger partial charge in [-0.15, -0.1) is 0 Å². The largest absolute Gasteiger partial charge is 0.492 e. The number of aromatic nitrogens is 4. The number of halogens is 1. The van der Waals surface area contributed by atoms with E-state index in [1.54, 1.807) is 25.5 Å². The summed E-state index contributed by atoms with van der Waals surface area (Å²) in [5.74, 6) is 0.921. The molecule has 142 valence electrons. The molecule has 0 atom stereocenters. The molecule has 9 heteroatoms. The van der Waals surface area contributed by atoms with Crippen LogP contribution in [0, 0.1) is 12.7 Å². The van der Waals surface area contributed by atoms with Crippen molar-refractivity contribution in [2.45, 2.75) is 13.5 Å². The molecule has 3 aromatic rings. The fourth-order valence-corrected chi connectivity index (χ4v) is 2.72. The molecule has 0 radical (unpaired) electrons. The van der Waals surface area contributed by atoms with Crippen LogP contribution in [0.2, 0.25) is 0 Å². The van der Waals surface area contributed by atoms with Crippen LogP contribution >= 0.6 is 0 Å². The number of benzene rings is 1. The maximum absolute atomic E-state index is 14.6. The van der Waals surface area contributed by atoms with Crippen LogP contribution in [0.4, 0.5) is 21.8 Å². The van der Waals surface area contributed by atoms with E-state index in [0.717, 1.165) is 11.3 Å². The predicted molar refractivity (Wildman–Crippen MR) is 102 cm³/mol. The summed E-state index contributed by atoms with van der Waals surface area (Å²) in [5.41, 5.74) is 2.47. The molecular formula is C18H22FN7O. The molecule has 0 aliphatic heterocycles. The van der Waals surface area contributed by atoms with E-state index >= 15 is 0 Å². The zero-order valence-electron chi connectivity index (χ0n) is 15.7. The summed E-state index contributed by atoms with van der Waals surface area (Å²) in [6.07, 6.45) is 3.43. The Balaban J connectivity index is 2.03. The third-order valence-corrected chi connectivity index (χ3v) is 3.89. The highest BCUT2D eigenvalue weighted by atomic mass is 19.1. The summed E-state index contributed by atoms with van der Waals surface area (Å²) < 4.78 is 21.5. The van der Waals surface area contributed by atoms with Gasteiger partial charge in [-0.3, -0.25) is 0 Å². The normalized spacial score (nSPS) is 10.7. The molecule has 2 aromatic heterocycles. The molecule has 0 bridgehead atoms. The van der Waals surface area contributed by atoms with Gasteiger partial charge in [0.25, 0.3) is 0 Å². The third-order valence-electron chi connectivity index (χ3n) is 3.89. The van der Waals surface area contributed by atoms with Crippen molar-refractivity contribution < 1.29 is 9.13 Å². The van der Waals surface area contributed by atoms with E-state index in [9.17, 15) is 4.39 Å². The minimum Gasteiger partial charge on any atom is -0.492 e. The molecule has 0 aliphatic carbocycles. The van der Waals surface area contributed by atoms with Crippen molar-refractivity contribution in [1.82, 2.24) is 25.1 Å². The molecular weight excluding hydrogens is 349 g/mol. The van der Waals surface area contributed by atoms with Crippen molar-refractivity contribution in [1.29, 1.82) is 0 Å². The van der Waals surface area contributed by atoms with Crippen molar-refractivity contribution in [2.75, 3.05) is 31.8 Å². The van der Waals surface area contributed by atoms with Gasteiger partial charge < -0.3 is 20.7 Å². The minimum absolute atomic E-state index is 0.214. The summed E-state index contributed by atoms with van der Waals surface area (Å²) in [6, 6.07) is 4.76. The second-order valence-corrected chi connectivity index (χ2v) is 5.89. The van der Waals surface area contributed by atoms with Crippen molar-refractivity contribution >= 4 is 17.5 Å². The first-order valence-electron chi connectivity index (χ1n) is 8.41. The maximum atomic E-state index is 14.6. The molecule has 27 heavy (non-hydrogen) atoms. The number of ether oxygens (including phenoxy) is 1. The van der Waals surface area contributed by atoms with Crippen LogP contribution in [-0.2, 0) is 6.54 Å². The van der Waals surface area contributed by atoms with E-state index in [1.807, 2.05) is 20.0 Å². The van der Waals surface area contributed by atoms with Crippen molar-refractivity contribution in [2.24, 2.45) is 0 Å². The number of methoxy groups -OCH3 is 1. The van der Waals surface area contributed by atoms with Gasteiger partial charge in [-0.2, -0.15) is 10.1 Å². The number of aryl methyl sites for hydroxylation is 1. The van der Waals surface area contributed by atoms with Crippen molar-refractivity contribution in [3.8, 4) is 11.4 Å². The summed E-state index contributed by atoms with van der Waals surface area (Å²) in [5, 5.41) is 13.4. The molecule has 0 fully saturated rings. The molecule has 1 aromatic carbocycles. The average Bonchev–Trinajstić information content (AvgIpc) is 3.10. The Labute approximate surface area is 156 Å². The SMILES string of the molecule is CNCc1cnn(-c2c(F)ccc(Nc3nc(C)cc(NC)n3)c2OC)c1. The van der Waals surface area contributed by atoms with Gasteiger partial charge in [0.05, 0.1) is 19.0 Å². The Kier molecular flexibility index (Phi) is 5.51. The van der Waals surface area contributed by atoms with Crippen LogP contribution in [0.1, 0.15) is 11.3 Å². The van der Waals surface area contributed by atoms with Gasteiger partial charge in [-0.1, -0.05) is 0 Å². The van der Waals surface area contributed by atoms with Crippen molar-refractivity contribution in [3.63, 3.8) is 0 Å². The molecule has 3 N–H and O–H groups in total. The van der Waals surface area contributed by atoms with E-state index in [-0.39, 0.29) is 5.69 Å². The van der Waals surface area contributed by atoms with Gasteiger partial charge in [-0.05, 0) is 26.1 Å². The zero-order chi connectivity index (χ0) is 19.4. The Morgan fingerprint density at radius 2 is 2.04 bits per heavy atom. The van der Waals surface area contributed by atoms with Crippen LogP contribution in [0.5, 0.6) is 5.75 Å². The summed E-state index contributed by atoms with van der Waals surface area (Å²) >= 11 is 0. The van der Waals surface area contributed by atoms with Gasteiger partial charge in [0.15, 0.2) is 11.6 Å². The molecule has 0 spiro atoms. The lowest BCUT2D eigenvalue weighted by Crippen LogP contribution is -2.07. The topological polar surface area (TPSA) is 88.9 Å². The Morgan fingerprint density at radius 3 is 2.74 bits per heavy atom. The fraction of sp³-hybridized carbons (Fsp3) is 0.278. The first-order valence-corrected chi connectivity index (χ1v) is 8.41. The molecule has 3 rings (SSSR count). The van der Waals surface area contributed by atoms with Gasteiger partial charge in [0, 0.05) is 37.1 Å². The van der Waals surface area contributed by atoms with Crippen LogP contribution in [0.3, 0.4) is 0 Å². The minimum atomic E-state index is -0.447. The first-order chi connectivity index (χ1) is 13.0. The molecule has 0 saturated heterocycles. The van der Waals surface area contributed by atoms with Gasteiger partial charge in [0.2, 0.25) is 5.95 Å². The summed E-state index contributed by atoms with van der Waals surface area (Å²) in [6.45, 7) is 2.50. The monoisotopic (exact) mass is 371 g/mol. The van der Waals surface area contributed by atoms with Gasteiger partial charge >= 0.3 is 0 Å². The standard InChI is InChI=1S/C18H22FN7O/c1-11-7-15(21-3)25-18(23-11)24-14-6-5-13(19)16(17(14)27-4)26-10-12(8-20-2)9-22-26/h5-7,9-10,20H,8H2,1-4H3,(H2,21,23,24,25). The number of hydrogen-bond acceptors (Lipinski definition) is 7. The molecule has 0 unspecified atom stereocenters. The molecule has 8 nitrogen and oxygen atoms in total. The second kappa shape index (κ2) is 8.00. The lowest BCUT2D eigenvalue weighted by molar-refractivity contribution is 0.409. The fourth-order valence-electron chi connectivity index (χ4n) is 2.72. The smallest absolute Gasteiger partial charge is 0.229 e. The number of anilines is 3. The summed E-state index contributed by atoms with van der Waals surface area (Å²) in [4.78, 5) is 8.73. The number of nitrogens with zero attached hydrogens (tertiary/aromatic N) is 4. The molecule has 0 amide bonds. The average molecular weight is 371 g/mol. The summed E-state index contributed by atoms with van der Waals surface area (Å²) in [7, 11) is 5.10. The van der Waals surface area contributed by atoms with Crippen LogP contribution in [0.15, 0.2) is 30.6 Å². The third kappa shape index (κ3) is 3.98. The van der Waals surface area contributed by atoms with Crippen LogP contribution < -0.4 is 20.7 Å². The highest BCUT2D eigenvalue weighted by Crippen LogP contribution is 2.35. The lowest BCUT2D eigenvalue weighted by atomic mass is 10.2. The first kappa shape index (κ1) is 18.6. The van der Waals surface area contributed by atoms with Crippen molar-refractivity contribution in [3.05, 3.63) is 47.7 Å². The number of hydrogen-bond donors (Lipinski definition) is 3. The van der Waals surface area contributed by atoms with E-state index < -0.39 is 5.82 Å². The predicted octanol–water partition coefficient (Wildman–Crippen LogP) is 2.62. The van der Waals surface area contributed by atoms with Gasteiger partial charge in [0.1, 0.15) is 11.5 Å². The van der Waals surface area contributed by atoms with E-state index in [0.29, 0.717) is 29.7 Å². The Morgan fingerprint density at radius 1 is 1.22 bits per heavy atom. The molecule has 0 saturated carbocycles. The van der Waals surface area contributed by atoms with Crippen LogP contribution in [0.25, 0.3) is 5.69 Å². The zero-order valence-corrected chi connectivity index (χ0v) is 15.7. The maximum Gasteiger partial charge on any atom is 0.229 e. The lowest BCUT2D eigenvalue weighted by Gasteiger charge is -2.15. The van der Waals surface area contributed by atoms with Gasteiger partial charge in [-0.25, -0.2) is 14.1 Å². The number of nitrogens with one attached hydrogen (secondary N) is 3. The highest BCUT2D eigenvalue weighted by Gasteiger charge is 2.18. The molecule has 2 heterocycles.